The first-order valence-corrected chi connectivity index (χ1v) is 9.36. The Morgan fingerprint density at radius 1 is 1.00 bits per heavy atom. The van der Waals surface area contributed by atoms with Crippen molar-refractivity contribution in [3.05, 3.63) is 53.1 Å². The quantitative estimate of drug-likeness (QED) is 0.244. The number of halogens is 1. The molecule has 2 aromatic rings. The predicted octanol–water partition coefficient (Wildman–Crippen LogP) is 6.20. The van der Waals surface area contributed by atoms with Crippen LogP contribution in [0.4, 0.5) is 0 Å². The average molecular weight is 379 g/mol. The summed E-state index contributed by atoms with van der Waals surface area (Å²) in [6, 6.07) is 11.9. The lowest BCUT2D eigenvalue weighted by Crippen LogP contribution is -2.08. The number of ether oxygens (including phenoxy) is 2. The van der Waals surface area contributed by atoms with Crippen LogP contribution in [0.25, 0.3) is 0 Å². The summed E-state index contributed by atoms with van der Waals surface area (Å²) in [5, 5.41) is 0.441. The Hall–Kier alpha value is -1.65. The van der Waals surface area contributed by atoms with Crippen molar-refractivity contribution in [3.8, 4) is 11.5 Å². The second kappa shape index (κ2) is 10.4. The normalized spacial score (nSPS) is 10.5. The van der Waals surface area contributed by atoms with E-state index in [0.29, 0.717) is 27.8 Å². The van der Waals surface area contributed by atoms with Crippen molar-refractivity contribution in [3.63, 3.8) is 0 Å². The molecule has 0 N–H and O–H groups in total. The minimum Gasteiger partial charge on any atom is -0.494 e. The summed E-state index contributed by atoms with van der Waals surface area (Å²) in [6.45, 7) is 2.90. The summed E-state index contributed by atoms with van der Waals surface area (Å²) in [4.78, 5) is 12.8. The van der Waals surface area contributed by atoms with Crippen LogP contribution >= 0.6 is 24.2 Å². The van der Waals surface area contributed by atoms with Gasteiger partial charge in [0, 0.05) is 11.0 Å². The van der Waals surface area contributed by atoms with Gasteiger partial charge in [0.05, 0.1) is 17.2 Å². The zero-order chi connectivity index (χ0) is 18.1. The molecule has 3 nitrogen and oxygen atoms in total. The molecule has 0 heterocycles. The molecule has 5 heteroatoms. The van der Waals surface area contributed by atoms with E-state index in [4.69, 9.17) is 21.1 Å². The highest BCUT2D eigenvalue weighted by Crippen LogP contribution is 2.25. The van der Waals surface area contributed by atoms with Gasteiger partial charge in [0.15, 0.2) is 0 Å². The van der Waals surface area contributed by atoms with E-state index in [1.165, 1.54) is 25.7 Å². The molecule has 0 amide bonds. The molecule has 0 saturated carbocycles. The fraction of sp³-hybridized carbons (Fsp3) is 0.350. The first-order chi connectivity index (χ1) is 12.1. The molecule has 0 aliphatic heterocycles. The molecule has 2 rings (SSSR count). The highest BCUT2D eigenvalue weighted by Gasteiger charge is 2.10. The second-order valence-corrected chi connectivity index (χ2v) is 6.68. The van der Waals surface area contributed by atoms with Gasteiger partial charge in [0.25, 0.3) is 0 Å². The Morgan fingerprint density at radius 2 is 1.68 bits per heavy atom. The number of carbonyl (C=O) groups is 1. The summed E-state index contributed by atoms with van der Waals surface area (Å²) in [7, 11) is 0. The van der Waals surface area contributed by atoms with Crippen LogP contribution in [0.15, 0.2) is 47.4 Å². The highest BCUT2D eigenvalue weighted by atomic mass is 35.5. The molecule has 0 fully saturated rings. The molecule has 0 spiro atoms. The molecule has 0 aliphatic carbocycles. The van der Waals surface area contributed by atoms with Gasteiger partial charge < -0.3 is 9.47 Å². The van der Waals surface area contributed by atoms with Crippen molar-refractivity contribution < 1.29 is 14.3 Å². The topological polar surface area (TPSA) is 35.5 Å². The number of rotatable bonds is 9. The first kappa shape index (κ1) is 19.7. The van der Waals surface area contributed by atoms with Crippen molar-refractivity contribution in [2.45, 2.75) is 43.9 Å². The molecular weight excluding hydrogens is 356 g/mol. The molecular formula is C20H23ClO3S. The van der Waals surface area contributed by atoms with Crippen LogP contribution in [0.5, 0.6) is 11.5 Å². The molecule has 0 aliphatic rings. The van der Waals surface area contributed by atoms with Crippen molar-refractivity contribution in [2.75, 3.05) is 6.61 Å². The zero-order valence-electron chi connectivity index (χ0n) is 14.3. The third kappa shape index (κ3) is 6.63. The molecule has 0 bridgehead atoms. The van der Waals surface area contributed by atoms with Gasteiger partial charge in [-0.25, -0.2) is 4.79 Å². The third-order valence-corrected chi connectivity index (χ3v) is 4.57. The molecule has 0 atom stereocenters. The van der Waals surface area contributed by atoms with Gasteiger partial charge in [-0.1, -0.05) is 44.2 Å². The largest absolute Gasteiger partial charge is 0.494 e. The van der Waals surface area contributed by atoms with E-state index in [9.17, 15) is 4.79 Å². The molecule has 0 unspecified atom stereocenters. The van der Waals surface area contributed by atoms with Crippen LogP contribution in [0.2, 0.25) is 5.02 Å². The van der Waals surface area contributed by atoms with Gasteiger partial charge in [0.2, 0.25) is 0 Å². The van der Waals surface area contributed by atoms with Gasteiger partial charge in [-0.2, -0.15) is 0 Å². The number of benzene rings is 2. The predicted molar refractivity (Wildman–Crippen MR) is 104 cm³/mol. The Kier molecular flexibility index (Phi) is 8.16. The summed E-state index contributed by atoms with van der Waals surface area (Å²) in [5.41, 5.74) is 0.460. The summed E-state index contributed by atoms with van der Waals surface area (Å²) < 4.78 is 11.0. The van der Waals surface area contributed by atoms with E-state index < -0.39 is 5.97 Å². The van der Waals surface area contributed by atoms with Gasteiger partial charge in [-0.3, -0.25) is 0 Å². The van der Waals surface area contributed by atoms with Crippen LogP contribution < -0.4 is 9.47 Å². The monoisotopic (exact) mass is 378 g/mol. The lowest BCUT2D eigenvalue weighted by atomic mass is 10.2. The Bertz CT molecular complexity index is 686. The summed E-state index contributed by atoms with van der Waals surface area (Å²) in [6.07, 6.45) is 6.00. The maximum Gasteiger partial charge on any atom is 0.343 e. The van der Waals surface area contributed by atoms with Crippen molar-refractivity contribution in [1.82, 2.24) is 0 Å². The van der Waals surface area contributed by atoms with E-state index in [1.54, 1.807) is 42.5 Å². The van der Waals surface area contributed by atoms with Gasteiger partial charge in [-0.05, 0) is 42.8 Å². The standard InChI is InChI=1S/C20H23ClO3S/c1-2-3-4-5-6-13-23-16-9-7-15(8-10-16)20(22)24-17-11-12-19(25)18(21)14-17/h7-12,14,25H,2-6,13H2,1H3. The maximum atomic E-state index is 12.2. The Balaban J connectivity index is 1.82. The van der Waals surface area contributed by atoms with Crippen LogP contribution in [0.1, 0.15) is 49.4 Å². The fourth-order valence-electron chi connectivity index (χ4n) is 2.30. The van der Waals surface area contributed by atoms with Crippen molar-refractivity contribution in [1.29, 1.82) is 0 Å². The van der Waals surface area contributed by atoms with E-state index >= 15 is 0 Å². The van der Waals surface area contributed by atoms with E-state index in [0.717, 1.165) is 12.2 Å². The fourth-order valence-corrected chi connectivity index (χ4v) is 2.61. The lowest BCUT2D eigenvalue weighted by molar-refractivity contribution is 0.0734. The average Bonchev–Trinajstić information content (AvgIpc) is 2.61. The SMILES string of the molecule is CCCCCCCOc1ccc(C(=O)Oc2ccc(S)c(Cl)c2)cc1. The van der Waals surface area contributed by atoms with Crippen LogP contribution in [-0.2, 0) is 0 Å². The lowest BCUT2D eigenvalue weighted by Gasteiger charge is -2.08. The molecule has 0 aromatic heterocycles. The van der Waals surface area contributed by atoms with Gasteiger partial charge in [-0.15, -0.1) is 12.6 Å². The molecule has 2 aromatic carbocycles. The molecule has 25 heavy (non-hydrogen) atoms. The Labute approximate surface area is 159 Å². The maximum absolute atomic E-state index is 12.2. The number of hydrogen-bond acceptors (Lipinski definition) is 4. The number of esters is 1. The Morgan fingerprint density at radius 3 is 2.36 bits per heavy atom. The van der Waals surface area contributed by atoms with Crippen molar-refractivity contribution in [2.24, 2.45) is 0 Å². The van der Waals surface area contributed by atoms with E-state index in [2.05, 4.69) is 19.6 Å². The smallest absolute Gasteiger partial charge is 0.343 e. The van der Waals surface area contributed by atoms with Gasteiger partial charge >= 0.3 is 5.97 Å². The minimum absolute atomic E-state index is 0.389. The number of thiol groups is 1. The number of unbranched alkanes of at least 4 members (excludes halogenated alkanes) is 4. The summed E-state index contributed by atoms with van der Waals surface area (Å²) in [5.74, 6) is 0.712. The first-order valence-electron chi connectivity index (χ1n) is 8.53. The molecule has 0 radical (unpaired) electrons. The van der Waals surface area contributed by atoms with E-state index in [-0.39, 0.29) is 0 Å². The van der Waals surface area contributed by atoms with E-state index in [1.807, 2.05) is 0 Å². The zero-order valence-corrected chi connectivity index (χ0v) is 16.0. The number of hydrogen-bond donors (Lipinski definition) is 1. The summed E-state index contributed by atoms with van der Waals surface area (Å²) >= 11 is 10.2. The molecule has 0 saturated heterocycles. The van der Waals surface area contributed by atoms with Crippen LogP contribution in [-0.4, -0.2) is 12.6 Å². The third-order valence-electron chi connectivity index (χ3n) is 3.74. The second-order valence-electron chi connectivity index (χ2n) is 5.79. The molecule has 134 valence electrons. The van der Waals surface area contributed by atoms with Gasteiger partial charge in [0.1, 0.15) is 11.5 Å². The van der Waals surface area contributed by atoms with Crippen molar-refractivity contribution >= 4 is 30.2 Å². The highest BCUT2D eigenvalue weighted by molar-refractivity contribution is 7.80. The van der Waals surface area contributed by atoms with Crippen LogP contribution in [0.3, 0.4) is 0 Å². The number of carbonyl (C=O) groups excluding carboxylic acids is 1. The van der Waals surface area contributed by atoms with Crippen LogP contribution in [0, 0.1) is 0 Å². The minimum atomic E-state index is -0.436.